The van der Waals surface area contributed by atoms with Gasteiger partial charge in [0.05, 0.1) is 11.8 Å². The number of amides is 2. The molecule has 9 heteroatoms. The Balaban J connectivity index is 1.29. The SMILES string of the molecule is Cc1cc(Nc2ccc(CNC(=O)C3CNC(=O)C3)cc2)ccc1N1CCC(C(F)(F)F)CC1. The van der Waals surface area contributed by atoms with Crippen LogP contribution in [0.15, 0.2) is 42.5 Å². The van der Waals surface area contributed by atoms with E-state index in [1.165, 1.54) is 0 Å². The van der Waals surface area contributed by atoms with Crippen LogP contribution in [-0.4, -0.2) is 37.6 Å². The molecular formula is C25H29F3N4O2. The molecular weight excluding hydrogens is 445 g/mol. The molecule has 4 rings (SSSR count). The molecule has 6 nitrogen and oxygen atoms in total. The highest BCUT2D eigenvalue weighted by Crippen LogP contribution is 2.36. The number of halogens is 3. The van der Waals surface area contributed by atoms with Gasteiger partial charge in [-0.15, -0.1) is 0 Å². The molecule has 2 aromatic carbocycles. The fraction of sp³-hybridized carbons (Fsp3) is 0.440. The summed E-state index contributed by atoms with van der Waals surface area (Å²) < 4.78 is 38.8. The molecule has 0 saturated carbocycles. The molecule has 2 aromatic rings. The minimum atomic E-state index is -4.11. The van der Waals surface area contributed by atoms with Crippen LogP contribution in [0.3, 0.4) is 0 Å². The lowest BCUT2D eigenvalue weighted by molar-refractivity contribution is -0.179. The average molecular weight is 475 g/mol. The summed E-state index contributed by atoms with van der Waals surface area (Å²) in [5.41, 5.74) is 4.71. The first kappa shape index (κ1) is 23.9. The molecule has 1 unspecified atom stereocenters. The summed E-state index contributed by atoms with van der Waals surface area (Å²) in [6, 6.07) is 13.6. The van der Waals surface area contributed by atoms with Gasteiger partial charge in [0.15, 0.2) is 0 Å². The summed E-state index contributed by atoms with van der Waals surface area (Å²) >= 11 is 0. The number of aryl methyl sites for hydroxylation is 1. The topological polar surface area (TPSA) is 73.5 Å². The second-order valence-corrected chi connectivity index (χ2v) is 9.05. The van der Waals surface area contributed by atoms with Crippen molar-refractivity contribution in [3.63, 3.8) is 0 Å². The molecule has 2 aliphatic heterocycles. The van der Waals surface area contributed by atoms with Gasteiger partial charge in [0, 0.05) is 49.7 Å². The number of alkyl halides is 3. The number of piperidine rings is 1. The zero-order chi connectivity index (χ0) is 24.3. The van der Waals surface area contributed by atoms with Crippen LogP contribution in [0.5, 0.6) is 0 Å². The number of carbonyl (C=O) groups is 2. The van der Waals surface area contributed by atoms with Gasteiger partial charge in [-0.05, 0) is 61.2 Å². The third-order valence-electron chi connectivity index (χ3n) is 6.55. The molecule has 0 radical (unpaired) electrons. The van der Waals surface area contributed by atoms with Crippen LogP contribution in [0.2, 0.25) is 0 Å². The number of nitrogens with one attached hydrogen (secondary N) is 3. The number of carbonyl (C=O) groups excluding carboxylic acids is 2. The third-order valence-corrected chi connectivity index (χ3v) is 6.55. The normalized spacial score (nSPS) is 19.1. The first-order valence-electron chi connectivity index (χ1n) is 11.5. The summed E-state index contributed by atoms with van der Waals surface area (Å²) in [7, 11) is 0. The molecule has 0 bridgehead atoms. The minimum absolute atomic E-state index is 0.0927. The van der Waals surface area contributed by atoms with E-state index in [0.717, 1.165) is 28.2 Å². The number of rotatable bonds is 6. The van der Waals surface area contributed by atoms with Gasteiger partial charge in [0.25, 0.3) is 0 Å². The van der Waals surface area contributed by atoms with E-state index in [4.69, 9.17) is 0 Å². The maximum absolute atomic E-state index is 12.9. The molecule has 2 fully saturated rings. The molecule has 2 saturated heterocycles. The maximum Gasteiger partial charge on any atom is 0.391 e. The molecule has 2 heterocycles. The second kappa shape index (κ2) is 9.95. The Bertz CT molecular complexity index is 1030. The minimum Gasteiger partial charge on any atom is -0.371 e. The van der Waals surface area contributed by atoms with E-state index in [-0.39, 0.29) is 37.0 Å². The molecule has 0 spiro atoms. The average Bonchev–Trinajstić information content (AvgIpc) is 3.24. The van der Waals surface area contributed by atoms with Gasteiger partial charge >= 0.3 is 6.18 Å². The largest absolute Gasteiger partial charge is 0.391 e. The van der Waals surface area contributed by atoms with Gasteiger partial charge < -0.3 is 20.9 Å². The fourth-order valence-corrected chi connectivity index (χ4v) is 4.53. The molecule has 2 aliphatic rings. The van der Waals surface area contributed by atoms with Crippen molar-refractivity contribution in [1.29, 1.82) is 0 Å². The van der Waals surface area contributed by atoms with Crippen molar-refractivity contribution in [1.82, 2.24) is 10.6 Å². The van der Waals surface area contributed by atoms with Gasteiger partial charge in [-0.2, -0.15) is 13.2 Å². The van der Waals surface area contributed by atoms with Gasteiger partial charge in [-0.1, -0.05) is 12.1 Å². The van der Waals surface area contributed by atoms with E-state index in [9.17, 15) is 22.8 Å². The zero-order valence-corrected chi connectivity index (χ0v) is 19.0. The Morgan fingerprint density at radius 2 is 1.76 bits per heavy atom. The van der Waals surface area contributed by atoms with E-state index in [0.29, 0.717) is 26.2 Å². The summed E-state index contributed by atoms with van der Waals surface area (Å²) in [4.78, 5) is 25.4. The zero-order valence-electron chi connectivity index (χ0n) is 19.0. The fourth-order valence-electron chi connectivity index (χ4n) is 4.53. The molecule has 182 valence electrons. The predicted molar refractivity (Wildman–Crippen MR) is 125 cm³/mol. The molecule has 0 aliphatic carbocycles. The van der Waals surface area contributed by atoms with Crippen LogP contribution in [0, 0.1) is 18.8 Å². The van der Waals surface area contributed by atoms with Crippen molar-refractivity contribution in [2.45, 2.75) is 38.9 Å². The number of hydrogen-bond acceptors (Lipinski definition) is 4. The Morgan fingerprint density at radius 1 is 1.09 bits per heavy atom. The van der Waals surface area contributed by atoms with Gasteiger partial charge in [0.1, 0.15) is 0 Å². The lowest BCUT2D eigenvalue weighted by atomic mass is 9.95. The molecule has 2 amide bonds. The van der Waals surface area contributed by atoms with Crippen LogP contribution in [-0.2, 0) is 16.1 Å². The quantitative estimate of drug-likeness (QED) is 0.585. The van der Waals surface area contributed by atoms with Gasteiger partial charge in [-0.25, -0.2) is 0 Å². The van der Waals surface area contributed by atoms with Crippen molar-refractivity contribution in [3.05, 3.63) is 53.6 Å². The first-order valence-corrected chi connectivity index (χ1v) is 11.5. The Morgan fingerprint density at radius 3 is 2.35 bits per heavy atom. The Hall–Kier alpha value is -3.23. The van der Waals surface area contributed by atoms with E-state index >= 15 is 0 Å². The number of anilines is 3. The molecule has 34 heavy (non-hydrogen) atoms. The highest BCUT2D eigenvalue weighted by atomic mass is 19.4. The van der Waals surface area contributed by atoms with Gasteiger partial charge in [-0.3, -0.25) is 9.59 Å². The monoisotopic (exact) mass is 474 g/mol. The van der Waals surface area contributed by atoms with E-state index in [1.54, 1.807) is 0 Å². The maximum atomic E-state index is 12.9. The molecule has 3 N–H and O–H groups in total. The van der Waals surface area contributed by atoms with E-state index in [2.05, 4.69) is 16.0 Å². The number of benzene rings is 2. The first-order chi connectivity index (χ1) is 16.2. The summed E-state index contributed by atoms with van der Waals surface area (Å²) in [5.74, 6) is -1.73. The lowest BCUT2D eigenvalue weighted by Crippen LogP contribution is -2.39. The van der Waals surface area contributed by atoms with Crippen molar-refractivity contribution in [2.75, 3.05) is 29.9 Å². The summed E-state index contributed by atoms with van der Waals surface area (Å²) in [5, 5.41) is 8.87. The van der Waals surface area contributed by atoms with Crippen molar-refractivity contribution >= 4 is 28.9 Å². The number of nitrogens with zero attached hydrogens (tertiary/aromatic N) is 1. The van der Waals surface area contributed by atoms with Crippen molar-refractivity contribution in [2.24, 2.45) is 11.8 Å². The van der Waals surface area contributed by atoms with Gasteiger partial charge in [0.2, 0.25) is 11.8 Å². The smallest absolute Gasteiger partial charge is 0.371 e. The highest BCUT2D eigenvalue weighted by molar-refractivity contribution is 5.89. The molecule has 1 atom stereocenters. The number of hydrogen-bond donors (Lipinski definition) is 3. The lowest BCUT2D eigenvalue weighted by Gasteiger charge is -2.35. The Labute approximate surface area is 196 Å². The molecule has 0 aromatic heterocycles. The van der Waals surface area contributed by atoms with Crippen molar-refractivity contribution < 1.29 is 22.8 Å². The summed E-state index contributed by atoms with van der Waals surface area (Å²) in [6.45, 7) is 3.56. The van der Waals surface area contributed by atoms with E-state index in [1.807, 2.05) is 54.3 Å². The highest BCUT2D eigenvalue weighted by Gasteiger charge is 2.41. The van der Waals surface area contributed by atoms with Crippen LogP contribution >= 0.6 is 0 Å². The Kier molecular flexibility index (Phi) is 7.00. The van der Waals surface area contributed by atoms with E-state index < -0.39 is 12.1 Å². The standard InChI is InChI=1S/C25H29F3N4O2/c1-16-12-21(6-7-22(16)32-10-8-19(9-11-32)25(26,27)28)31-20-4-2-17(3-5-20)14-30-24(34)18-13-23(33)29-15-18/h2-7,12,18-19,31H,8-11,13-15H2,1H3,(H,29,33)(H,30,34). The van der Waals surface area contributed by atoms with Crippen LogP contribution < -0.4 is 20.9 Å². The van der Waals surface area contributed by atoms with Crippen LogP contribution in [0.25, 0.3) is 0 Å². The van der Waals surface area contributed by atoms with Crippen LogP contribution in [0.1, 0.15) is 30.4 Å². The van der Waals surface area contributed by atoms with Crippen molar-refractivity contribution in [3.8, 4) is 0 Å². The third kappa shape index (κ3) is 5.81. The predicted octanol–water partition coefficient (Wildman–Crippen LogP) is 4.27. The summed E-state index contributed by atoms with van der Waals surface area (Å²) in [6.07, 6.45) is -3.61. The van der Waals surface area contributed by atoms with Crippen LogP contribution in [0.4, 0.5) is 30.2 Å². The second-order valence-electron chi connectivity index (χ2n) is 9.05.